The molecule has 0 saturated carbocycles. The van der Waals surface area contributed by atoms with E-state index in [1.54, 1.807) is 6.92 Å². The molecular weight excluding hydrogens is 300 g/mol. The summed E-state index contributed by atoms with van der Waals surface area (Å²) < 4.78 is 2.18. The first-order chi connectivity index (χ1) is 10.6. The molecule has 0 radical (unpaired) electrons. The summed E-state index contributed by atoms with van der Waals surface area (Å²) in [5.41, 5.74) is 0.974. The predicted molar refractivity (Wildman–Crippen MR) is 85.7 cm³/mol. The van der Waals surface area contributed by atoms with Crippen molar-refractivity contribution in [2.45, 2.75) is 32.7 Å². The van der Waals surface area contributed by atoms with E-state index in [9.17, 15) is 4.79 Å². The van der Waals surface area contributed by atoms with E-state index < -0.39 is 0 Å². The Morgan fingerprint density at radius 1 is 1.27 bits per heavy atom. The summed E-state index contributed by atoms with van der Waals surface area (Å²) in [6.45, 7) is 5.17. The van der Waals surface area contributed by atoms with Crippen molar-refractivity contribution in [2.24, 2.45) is 0 Å². The number of hydrogen-bond acceptors (Lipinski definition) is 3. The predicted octanol–water partition coefficient (Wildman–Crippen LogP) is 3.09. The molecule has 1 aliphatic heterocycles. The average molecular weight is 319 g/mol. The molecule has 5 nitrogen and oxygen atoms in total. The van der Waals surface area contributed by atoms with Crippen LogP contribution in [0, 0.1) is 6.92 Å². The minimum absolute atomic E-state index is 0.147. The molecule has 116 valence electrons. The molecule has 3 rings (SSSR count). The van der Waals surface area contributed by atoms with Crippen LogP contribution in [-0.2, 0) is 4.79 Å². The van der Waals surface area contributed by atoms with Gasteiger partial charge in [0.15, 0.2) is 5.82 Å². The third-order valence-corrected chi connectivity index (χ3v) is 4.46. The van der Waals surface area contributed by atoms with Gasteiger partial charge in [-0.3, -0.25) is 4.79 Å². The Labute approximate surface area is 134 Å². The monoisotopic (exact) mass is 318 g/mol. The van der Waals surface area contributed by atoms with Gasteiger partial charge in [-0.2, -0.15) is 0 Å². The van der Waals surface area contributed by atoms with Gasteiger partial charge >= 0.3 is 0 Å². The van der Waals surface area contributed by atoms with Gasteiger partial charge in [0.2, 0.25) is 5.91 Å². The van der Waals surface area contributed by atoms with Gasteiger partial charge in [0, 0.05) is 36.6 Å². The van der Waals surface area contributed by atoms with Crippen LogP contribution >= 0.6 is 11.6 Å². The summed E-state index contributed by atoms with van der Waals surface area (Å²) >= 11 is 6.09. The van der Waals surface area contributed by atoms with E-state index in [2.05, 4.69) is 14.8 Å². The standard InChI is InChI=1S/C16H19ClN4O/c1-11-18-19-16(13-4-3-5-14(17)10-13)21(11)15-6-8-20(9-7-15)12(2)22/h3-5,10,15H,6-9H2,1-2H3. The van der Waals surface area contributed by atoms with Crippen molar-refractivity contribution in [3.63, 3.8) is 0 Å². The molecule has 0 aliphatic carbocycles. The lowest BCUT2D eigenvalue weighted by atomic mass is 10.0. The van der Waals surface area contributed by atoms with Gasteiger partial charge in [0.1, 0.15) is 5.82 Å². The highest BCUT2D eigenvalue weighted by molar-refractivity contribution is 6.30. The van der Waals surface area contributed by atoms with E-state index >= 15 is 0 Å². The molecule has 22 heavy (non-hydrogen) atoms. The molecule has 2 aromatic rings. The summed E-state index contributed by atoms with van der Waals surface area (Å²) in [4.78, 5) is 13.4. The van der Waals surface area contributed by atoms with Crippen LogP contribution < -0.4 is 0 Å². The second kappa shape index (κ2) is 6.08. The largest absolute Gasteiger partial charge is 0.343 e. The van der Waals surface area contributed by atoms with E-state index in [1.807, 2.05) is 36.1 Å². The molecule has 0 N–H and O–H groups in total. The van der Waals surface area contributed by atoms with Crippen LogP contribution in [0.1, 0.15) is 31.6 Å². The Balaban J connectivity index is 1.89. The number of benzene rings is 1. The normalized spacial score (nSPS) is 16.0. The molecule has 1 aliphatic rings. The average Bonchev–Trinajstić information content (AvgIpc) is 2.89. The van der Waals surface area contributed by atoms with Crippen LogP contribution in [0.4, 0.5) is 0 Å². The van der Waals surface area contributed by atoms with Gasteiger partial charge in [-0.1, -0.05) is 23.7 Å². The summed E-state index contributed by atoms with van der Waals surface area (Å²) in [6.07, 6.45) is 1.85. The van der Waals surface area contributed by atoms with E-state index in [1.165, 1.54) is 0 Å². The minimum Gasteiger partial charge on any atom is -0.343 e. The fraction of sp³-hybridized carbons (Fsp3) is 0.438. The Hall–Kier alpha value is -1.88. The van der Waals surface area contributed by atoms with E-state index in [-0.39, 0.29) is 5.91 Å². The van der Waals surface area contributed by atoms with Crippen molar-refractivity contribution < 1.29 is 4.79 Å². The van der Waals surface area contributed by atoms with Crippen molar-refractivity contribution in [1.29, 1.82) is 0 Å². The van der Waals surface area contributed by atoms with Crippen LogP contribution in [-0.4, -0.2) is 38.7 Å². The number of aryl methyl sites for hydroxylation is 1. The number of hydrogen-bond donors (Lipinski definition) is 0. The van der Waals surface area contributed by atoms with Crippen LogP contribution in [0.25, 0.3) is 11.4 Å². The van der Waals surface area contributed by atoms with E-state index in [0.29, 0.717) is 11.1 Å². The second-order valence-corrected chi connectivity index (χ2v) is 6.12. The first-order valence-corrected chi connectivity index (χ1v) is 7.87. The molecule has 1 saturated heterocycles. The van der Waals surface area contributed by atoms with Crippen LogP contribution in [0.15, 0.2) is 24.3 Å². The number of amides is 1. The molecule has 0 bridgehead atoms. The van der Waals surface area contributed by atoms with Gasteiger partial charge in [0.25, 0.3) is 0 Å². The minimum atomic E-state index is 0.147. The summed E-state index contributed by atoms with van der Waals surface area (Å²) in [5, 5.41) is 9.26. The van der Waals surface area contributed by atoms with Crippen molar-refractivity contribution >= 4 is 17.5 Å². The lowest BCUT2D eigenvalue weighted by molar-refractivity contribution is -0.130. The highest BCUT2D eigenvalue weighted by Crippen LogP contribution is 2.30. The smallest absolute Gasteiger partial charge is 0.219 e. The number of piperidine rings is 1. The van der Waals surface area contributed by atoms with Crippen molar-refractivity contribution in [3.05, 3.63) is 35.1 Å². The molecule has 1 aromatic heterocycles. The lowest BCUT2D eigenvalue weighted by Gasteiger charge is -2.32. The number of aromatic nitrogens is 3. The Kier molecular flexibility index (Phi) is 4.16. The fourth-order valence-corrected chi connectivity index (χ4v) is 3.26. The number of carbonyl (C=O) groups excluding carboxylic acids is 1. The first kappa shape index (κ1) is 15.0. The number of nitrogens with zero attached hydrogens (tertiary/aromatic N) is 4. The molecule has 0 spiro atoms. The third kappa shape index (κ3) is 2.86. The van der Waals surface area contributed by atoms with Crippen molar-refractivity contribution in [1.82, 2.24) is 19.7 Å². The third-order valence-electron chi connectivity index (χ3n) is 4.22. The number of halogens is 1. The highest BCUT2D eigenvalue weighted by atomic mass is 35.5. The molecule has 2 heterocycles. The summed E-state index contributed by atoms with van der Waals surface area (Å²) in [7, 11) is 0. The Morgan fingerprint density at radius 2 is 2.00 bits per heavy atom. The zero-order valence-electron chi connectivity index (χ0n) is 12.8. The van der Waals surface area contributed by atoms with Crippen LogP contribution in [0.5, 0.6) is 0 Å². The number of likely N-dealkylation sites (tertiary alicyclic amines) is 1. The molecule has 0 atom stereocenters. The molecule has 1 aromatic carbocycles. The first-order valence-electron chi connectivity index (χ1n) is 7.49. The van der Waals surface area contributed by atoms with E-state index in [4.69, 9.17) is 11.6 Å². The number of rotatable bonds is 2. The molecule has 0 unspecified atom stereocenters. The van der Waals surface area contributed by atoms with Crippen LogP contribution in [0.3, 0.4) is 0 Å². The lowest BCUT2D eigenvalue weighted by Crippen LogP contribution is -2.38. The summed E-state index contributed by atoms with van der Waals surface area (Å²) in [5.74, 6) is 1.89. The zero-order valence-corrected chi connectivity index (χ0v) is 13.5. The van der Waals surface area contributed by atoms with Gasteiger partial charge in [-0.15, -0.1) is 10.2 Å². The van der Waals surface area contributed by atoms with Crippen LogP contribution in [0.2, 0.25) is 5.02 Å². The quantitative estimate of drug-likeness (QED) is 0.855. The second-order valence-electron chi connectivity index (χ2n) is 5.69. The van der Waals surface area contributed by atoms with Crippen molar-refractivity contribution in [3.8, 4) is 11.4 Å². The number of carbonyl (C=O) groups is 1. The molecular formula is C16H19ClN4O. The Morgan fingerprint density at radius 3 is 2.64 bits per heavy atom. The maximum atomic E-state index is 11.5. The highest BCUT2D eigenvalue weighted by Gasteiger charge is 2.25. The van der Waals surface area contributed by atoms with Gasteiger partial charge in [-0.25, -0.2) is 0 Å². The maximum Gasteiger partial charge on any atom is 0.219 e. The van der Waals surface area contributed by atoms with Gasteiger partial charge in [-0.05, 0) is 31.9 Å². The maximum absolute atomic E-state index is 11.5. The fourth-order valence-electron chi connectivity index (χ4n) is 3.07. The Bertz CT molecular complexity index is 689. The van der Waals surface area contributed by atoms with Gasteiger partial charge in [0.05, 0.1) is 0 Å². The summed E-state index contributed by atoms with van der Waals surface area (Å²) in [6, 6.07) is 8.00. The molecule has 6 heteroatoms. The topological polar surface area (TPSA) is 51.0 Å². The van der Waals surface area contributed by atoms with Gasteiger partial charge < -0.3 is 9.47 Å². The van der Waals surface area contributed by atoms with E-state index in [0.717, 1.165) is 43.1 Å². The SMILES string of the molecule is CC(=O)N1CCC(n2c(C)nnc2-c2cccc(Cl)c2)CC1. The molecule has 1 fully saturated rings. The molecule has 1 amide bonds. The zero-order chi connectivity index (χ0) is 15.7. The van der Waals surface area contributed by atoms with Crippen molar-refractivity contribution in [2.75, 3.05) is 13.1 Å².